The van der Waals surface area contributed by atoms with E-state index < -0.39 is 16.6 Å². The highest BCUT2D eigenvalue weighted by Gasteiger charge is 2.24. The molecule has 0 aliphatic carbocycles. The van der Waals surface area contributed by atoms with Gasteiger partial charge in [0, 0.05) is 17.2 Å². The van der Waals surface area contributed by atoms with Crippen LogP contribution in [0.3, 0.4) is 0 Å². The number of carbonyl (C=O) groups is 2. The fraction of sp³-hybridized carbons (Fsp3) is 0.429. The number of benzene rings is 1. The molecule has 1 aromatic carbocycles. The molecular weight excluding hydrogens is 276 g/mol. The highest BCUT2D eigenvalue weighted by molar-refractivity contribution is 5.82. The molecule has 0 fully saturated rings. The molecule has 0 bridgehead atoms. The summed E-state index contributed by atoms with van der Waals surface area (Å²) in [7, 11) is 0. The Balaban J connectivity index is 2.94. The summed E-state index contributed by atoms with van der Waals surface area (Å²) in [6, 6.07) is 3.81. The van der Waals surface area contributed by atoms with E-state index in [0.29, 0.717) is 6.29 Å². The molecule has 0 spiro atoms. The van der Waals surface area contributed by atoms with Crippen LogP contribution in [-0.2, 0) is 4.79 Å². The number of nitro groups is 1. The van der Waals surface area contributed by atoms with Crippen LogP contribution in [0.5, 0.6) is 5.75 Å². The van der Waals surface area contributed by atoms with Gasteiger partial charge in [-0.2, -0.15) is 0 Å². The number of amides is 1. The van der Waals surface area contributed by atoms with Gasteiger partial charge in [0.2, 0.25) is 0 Å². The fourth-order valence-electron chi connectivity index (χ4n) is 1.57. The Hall–Kier alpha value is -2.44. The second kappa shape index (κ2) is 6.34. The van der Waals surface area contributed by atoms with Gasteiger partial charge in [-0.3, -0.25) is 19.7 Å². The normalized spacial score (nSPS) is 12.4. The van der Waals surface area contributed by atoms with Crippen LogP contribution < -0.4 is 10.1 Å². The quantitative estimate of drug-likeness (QED) is 0.509. The van der Waals surface area contributed by atoms with Crippen LogP contribution in [0, 0.1) is 10.1 Å². The van der Waals surface area contributed by atoms with Crippen LogP contribution in [0.1, 0.15) is 38.1 Å². The number of carbonyl (C=O) groups excluding carboxylic acids is 2. The topological polar surface area (TPSA) is 98.5 Å². The molecule has 7 nitrogen and oxygen atoms in total. The summed E-state index contributed by atoms with van der Waals surface area (Å²) in [5, 5.41) is 13.7. The maximum Gasteiger partial charge on any atom is 0.311 e. The summed E-state index contributed by atoms with van der Waals surface area (Å²) in [6.07, 6.45) is -0.392. The number of hydrogen-bond acceptors (Lipinski definition) is 5. The van der Waals surface area contributed by atoms with Crippen molar-refractivity contribution in [1.82, 2.24) is 5.32 Å². The Kier molecular flexibility index (Phi) is 5.02. The molecule has 0 aliphatic rings. The predicted molar refractivity (Wildman–Crippen MR) is 76.5 cm³/mol. The summed E-state index contributed by atoms with van der Waals surface area (Å²) >= 11 is 0. The molecule has 0 unspecified atom stereocenters. The molecule has 1 N–H and O–H groups in total. The van der Waals surface area contributed by atoms with Gasteiger partial charge in [-0.05, 0) is 39.8 Å². The molecule has 0 saturated carbocycles. The van der Waals surface area contributed by atoms with Gasteiger partial charge < -0.3 is 10.1 Å². The van der Waals surface area contributed by atoms with Crippen molar-refractivity contribution in [2.24, 2.45) is 0 Å². The van der Waals surface area contributed by atoms with E-state index in [-0.39, 0.29) is 22.9 Å². The Labute approximate surface area is 122 Å². The lowest BCUT2D eigenvalue weighted by Crippen LogP contribution is -2.46. The lowest BCUT2D eigenvalue weighted by atomic mass is 10.1. The number of hydrogen-bond donors (Lipinski definition) is 1. The highest BCUT2D eigenvalue weighted by Crippen LogP contribution is 2.28. The summed E-state index contributed by atoms with van der Waals surface area (Å²) in [4.78, 5) is 32.9. The minimum absolute atomic E-state index is 0.0536. The predicted octanol–water partition coefficient (Wildman–Crippen LogP) is 2.09. The van der Waals surface area contributed by atoms with E-state index in [1.165, 1.54) is 19.1 Å². The third kappa shape index (κ3) is 4.87. The van der Waals surface area contributed by atoms with E-state index >= 15 is 0 Å². The van der Waals surface area contributed by atoms with Crippen LogP contribution in [-0.4, -0.2) is 28.8 Å². The number of rotatable bonds is 5. The van der Waals surface area contributed by atoms with Gasteiger partial charge in [-0.1, -0.05) is 0 Å². The minimum atomic E-state index is -0.898. The zero-order valence-corrected chi connectivity index (χ0v) is 12.4. The molecule has 21 heavy (non-hydrogen) atoms. The molecule has 114 valence electrons. The van der Waals surface area contributed by atoms with Crippen molar-refractivity contribution in [3.8, 4) is 5.75 Å². The first-order chi connectivity index (χ1) is 9.64. The number of aldehydes is 1. The van der Waals surface area contributed by atoms with E-state index in [0.717, 1.165) is 6.07 Å². The fourth-order valence-corrected chi connectivity index (χ4v) is 1.57. The number of nitrogens with one attached hydrogen (secondary N) is 1. The van der Waals surface area contributed by atoms with Gasteiger partial charge in [-0.25, -0.2) is 0 Å². The molecule has 0 radical (unpaired) electrons. The number of nitrogens with zero attached hydrogens (tertiary/aromatic N) is 1. The van der Waals surface area contributed by atoms with Crippen molar-refractivity contribution >= 4 is 17.9 Å². The lowest BCUT2D eigenvalue weighted by molar-refractivity contribution is -0.386. The largest absolute Gasteiger partial charge is 0.474 e. The van der Waals surface area contributed by atoms with E-state index in [2.05, 4.69) is 5.32 Å². The molecule has 1 aromatic rings. The maximum atomic E-state index is 11.9. The number of ether oxygens (including phenoxy) is 1. The Bertz CT molecular complexity index is 563. The van der Waals surface area contributed by atoms with Crippen LogP contribution in [0.4, 0.5) is 5.69 Å². The van der Waals surface area contributed by atoms with Crippen molar-refractivity contribution < 1.29 is 19.2 Å². The summed E-state index contributed by atoms with van der Waals surface area (Å²) < 4.78 is 5.34. The first-order valence-electron chi connectivity index (χ1n) is 6.36. The van der Waals surface area contributed by atoms with Gasteiger partial charge in [0.25, 0.3) is 5.91 Å². The lowest BCUT2D eigenvalue weighted by Gasteiger charge is -2.23. The molecular formula is C14H18N2O5. The van der Waals surface area contributed by atoms with Crippen molar-refractivity contribution in [2.45, 2.75) is 39.3 Å². The summed E-state index contributed by atoms with van der Waals surface area (Å²) in [5.74, 6) is -0.432. The van der Waals surface area contributed by atoms with E-state index in [9.17, 15) is 19.7 Å². The minimum Gasteiger partial charge on any atom is -0.474 e. The zero-order chi connectivity index (χ0) is 16.2. The van der Waals surface area contributed by atoms with E-state index in [1.807, 2.05) is 20.8 Å². The number of nitro benzene ring substituents is 1. The van der Waals surface area contributed by atoms with E-state index in [4.69, 9.17) is 4.74 Å². The van der Waals surface area contributed by atoms with Crippen LogP contribution in [0.25, 0.3) is 0 Å². The average Bonchev–Trinajstić information content (AvgIpc) is 2.36. The summed E-state index contributed by atoms with van der Waals surface area (Å²) in [6.45, 7) is 6.95. The second-order valence-electron chi connectivity index (χ2n) is 5.60. The molecule has 0 aromatic heterocycles. The molecule has 0 saturated heterocycles. The van der Waals surface area contributed by atoms with E-state index in [1.54, 1.807) is 0 Å². The monoisotopic (exact) mass is 294 g/mol. The molecule has 0 aliphatic heterocycles. The van der Waals surface area contributed by atoms with Gasteiger partial charge in [-0.15, -0.1) is 0 Å². The Morgan fingerprint density at radius 2 is 2.05 bits per heavy atom. The summed E-state index contributed by atoms with van der Waals surface area (Å²) in [5.41, 5.74) is -0.613. The second-order valence-corrected chi connectivity index (χ2v) is 5.60. The van der Waals surface area contributed by atoms with Crippen LogP contribution in [0.15, 0.2) is 18.2 Å². The van der Waals surface area contributed by atoms with Crippen molar-refractivity contribution in [3.05, 3.63) is 33.9 Å². The van der Waals surface area contributed by atoms with Crippen molar-refractivity contribution in [1.29, 1.82) is 0 Å². The molecule has 0 heterocycles. The van der Waals surface area contributed by atoms with Gasteiger partial charge in [0.05, 0.1) is 4.92 Å². The maximum absolute atomic E-state index is 11.9. The Morgan fingerprint density at radius 1 is 1.43 bits per heavy atom. The molecule has 1 rings (SSSR count). The third-order valence-electron chi connectivity index (χ3n) is 2.49. The Morgan fingerprint density at radius 3 is 2.52 bits per heavy atom. The van der Waals surface area contributed by atoms with Gasteiger partial charge in [0.1, 0.15) is 6.29 Å². The van der Waals surface area contributed by atoms with Gasteiger partial charge >= 0.3 is 5.69 Å². The molecule has 1 amide bonds. The van der Waals surface area contributed by atoms with Crippen molar-refractivity contribution in [3.63, 3.8) is 0 Å². The first kappa shape index (κ1) is 16.6. The third-order valence-corrected chi connectivity index (χ3v) is 2.49. The van der Waals surface area contributed by atoms with Gasteiger partial charge in [0.15, 0.2) is 11.9 Å². The van der Waals surface area contributed by atoms with Crippen LogP contribution in [0.2, 0.25) is 0 Å². The molecule has 1 atom stereocenters. The smallest absolute Gasteiger partial charge is 0.311 e. The average molecular weight is 294 g/mol. The molecule has 7 heteroatoms. The standard InChI is InChI=1S/C14H18N2O5/c1-9(13(18)15-14(2,3)4)21-12-6-5-10(8-17)7-11(12)16(19)20/h5-9H,1-4H3,(H,15,18)/t9-/m1/s1. The highest BCUT2D eigenvalue weighted by atomic mass is 16.6. The SMILES string of the molecule is C[C@@H](Oc1ccc(C=O)cc1[N+](=O)[O-])C(=O)NC(C)(C)C. The first-order valence-corrected chi connectivity index (χ1v) is 6.36. The van der Waals surface area contributed by atoms with Crippen molar-refractivity contribution in [2.75, 3.05) is 0 Å². The zero-order valence-electron chi connectivity index (χ0n) is 12.4. The van der Waals surface area contributed by atoms with Crippen LogP contribution >= 0.6 is 0 Å².